The van der Waals surface area contributed by atoms with Crippen LogP contribution in [0.15, 0.2) is 73.1 Å². The number of pyridine rings is 2. The first-order valence-electron chi connectivity index (χ1n) is 15.8. The molecule has 2 aromatic carbocycles. The number of benzene rings is 2. The lowest BCUT2D eigenvalue weighted by molar-refractivity contribution is -0.141. The zero-order chi connectivity index (χ0) is 41.7. The first-order valence-corrected chi connectivity index (χ1v) is 17.3. The molecule has 2 heterocycles. The summed E-state index contributed by atoms with van der Waals surface area (Å²) in [5.74, 6) is -9.95. The molecule has 0 saturated heterocycles. The largest absolute Gasteiger partial charge is 0.433 e. The van der Waals surface area contributed by atoms with Gasteiger partial charge >= 0.3 is 22.4 Å². The second kappa shape index (κ2) is 16.9. The maximum atomic E-state index is 14.0. The minimum atomic E-state index is -5.19. The summed E-state index contributed by atoms with van der Waals surface area (Å²) in [6.07, 6.45) is -4.71. The Morgan fingerprint density at radius 1 is 0.679 bits per heavy atom. The van der Waals surface area contributed by atoms with E-state index in [0.29, 0.717) is 36.2 Å². The number of carbonyl (C=O) groups excluding carboxylic acids is 3. The lowest BCUT2D eigenvalue weighted by Crippen LogP contribution is -2.57. The minimum Gasteiger partial charge on any atom is -0.325 e. The van der Waals surface area contributed by atoms with Crippen LogP contribution in [0.25, 0.3) is 0 Å². The van der Waals surface area contributed by atoms with E-state index in [2.05, 4.69) is 9.97 Å². The summed E-state index contributed by atoms with van der Waals surface area (Å²) in [7, 11) is -3.03. The maximum Gasteiger partial charge on any atom is 0.433 e. The molecule has 0 spiro atoms. The molecule has 0 aliphatic rings. The first-order chi connectivity index (χ1) is 25.9. The smallest absolute Gasteiger partial charge is 0.325 e. The van der Waals surface area contributed by atoms with Crippen LogP contribution in [0.3, 0.4) is 0 Å². The molecule has 0 unspecified atom stereocenters. The molecule has 0 bridgehead atoms. The quantitative estimate of drug-likeness (QED) is 0.158. The average Bonchev–Trinajstić information content (AvgIpc) is 3.08. The lowest BCUT2D eigenvalue weighted by atomic mass is 10.0. The van der Waals surface area contributed by atoms with Crippen molar-refractivity contribution in [1.29, 1.82) is 0 Å². The third kappa shape index (κ3) is 11.6. The predicted molar refractivity (Wildman–Crippen MR) is 181 cm³/mol. The number of hydrogen-bond acceptors (Lipinski definition) is 7. The van der Waals surface area contributed by atoms with Gasteiger partial charge in [-0.3, -0.25) is 14.6 Å². The summed E-state index contributed by atoms with van der Waals surface area (Å²) < 4.78 is 152. The summed E-state index contributed by atoms with van der Waals surface area (Å²) in [6, 6.07) is 2.07. The van der Waals surface area contributed by atoms with Crippen molar-refractivity contribution in [2.75, 3.05) is 23.9 Å². The van der Waals surface area contributed by atoms with Crippen molar-refractivity contribution in [2.24, 2.45) is 0 Å². The minimum absolute atomic E-state index is 0.0857. The number of carbonyl (C=O) groups is 3. The highest BCUT2D eigenvalue weighted by Gasteiger charge is 2.34. The maximum absolute atomic E-state index is 14.0. The van der Waals surface area contributed by atoms with Crippen LogP contribution in [-0.2, 0) is 44.7 Å². The molecular formula is C34H30F9N7O5S. The van der Waals surface area contributed by atoms with E-state index in [1.54, 1.807) is 0 Å². The van der Waals surface area contributed by atoms with Gasteiger partial charge < -0.3 is 15.1 Å². The van der Waals surface area contributed by atoms with Gasteiger partial charge in [-0.15, -0.1) is 0 Å². The summed E-state index contributed by atoms with van der Waals surface area (Å²) in [4.78, 5) is 48.6. The number of urea groups is 1. The van der Waals surface area contributed by atoms with Gasteiger partial charge in [-0.25, -0.2) is 32.1 Å². The number of halogens is 9. The Morgan fingerprint density at radius 3 is 1.48 bits per heavy atom. The van der Waals surface area contributed by atoms with E-state index in [-0.39, 0.29) is 22.5 Å². The van der Waals surface area contributed by atoms with Crippen LogP contribution in [0.4, 0.5) is 55.7 Å². The van der Waals surface area contributed by atoms with Crippen molar-refractivity contribution >= 4 is 39.4 Å². The van der Waals surface area contributed by atoms with Crippen molar-refractivity contribution in [3.8, 4) is 0 Å². The van der Waals surface area contributed by atoms with Crippen LogP contribution < -0.4 is 24.6 Å². The van der Waals surface area contributed by atoms with Gasteiger partial charge in [0.25, 0.3) is 5.92 Å². The number of aromatic nitrogens is 2. The zero-order valence-electron chi connectivity index (χ0n) is 29.1. The molecule has 0 fully saturated rings. The monoisotopic (exact) mass is 819 g/mol. The molecule has 56 heavy (non-hydrogen) atoms. The van der Waals surface area contributed by atoms with E-state index in [4.69, 9.17) is 0 Å². The van der Waals surface area contributed by atoms with E-state index in [9.17, 15) is 62.3 Å². The summed E-state index contributed by atoms with van der Waals surface area (Å²) in [6.45, 7) is 0.581. The third-order valence-electron chi connectivity index (χ3n) is 7.82. The Balaban J connectivity index is 1.60. The molecule has 4 rings (SSSR count). The fourth-order valence-corrected chi connectivity index (χ4v) is 6.07. The molecule has 0 saturated carbocycles. The Labute approximate surface area is 312 Å². The van der Waals surface area contributed by atoms with E-state index in [0.717, 1.165) is 67.7 Å². The molecule has 4 amide bonds. The highest BCUT2D eigenvalue weighted by Crippen LogP contribution is 2.29. The van der Waals surface area contributed by atoms with E-state index in [1.165, 1.54) is 4.72 Å². The molecule has 0 radical (unpaired) electrons. The van der Waals surface area contributed by atoms with Gasteiger partial charge in [0.2, 0.25) is 11.8 Å². The predicted octanol–water partition coefficient (Wildman–Crippen LogP) is 5.15. The third-order valence-corrected chi connectivity index (χ3v) is 8.87. The van der Waals surface area contributed by atoms with Gasteiger partial charge in [-0.1, -0.05) is 0 Å². The second-order valence-electron chi connectivity index (χ2n) is 12.2. The van der Waals surface area contributed by atoms with Gasteiger partial charge in [0.1, 0.15) is 46.7 Å². The lowest BCUT2D eigenvalue weighted by Gasteiger charge is -2.26. The SMILES string of the molecule is CN(C(=O)[C@H](Cc1cc(F)cc(F)c1)NC(=O)NS(=O)(=O)N[C@@H](Cc1cc(F)cc(F)c1)C(=O)N(C)c1ccc(C(F)(F)F)nc1)c1ccc(C(C)(F)F)nc1. The normalized spacial score (nSPS) is 13.1. The number of nitrogens with zero attached hydrogens (tertiary/aromatic N) is 4. The molecule has 12 nitrogen and oxygen atoms in total. The fraction of sp³-hybridized carbons (Fsp3) is 0.265. The van der Waals surface area contributed by atoms with E-state index in [1.807, 2.05) is 10.0 Å². The van der Waals surface area contributed by atoms with Gasteiger partial charge in [0, 0.05) is 39.6 Å². The molecular weight excluding hydrogens is 789 g/mol. The van der Waals surface area contributed by atoms with Gasteiger partial charge in [0.15, 0.2) is 0 Å². The Hall–Kier alpha value is -5.77. The number of alkyl halides is 5. The second-order valence-corrected chi connectivity index (χ2v) is 13.7. The molecule has 3 N–H and O–H groups in total. The molecule has 300 valence electrons. The highest BCUT2D eigenvalue weighted by atomic mass is 32.2. The molecule has 2 atom stereocenters. The Bertz CT molecular complexity index is 2150. The van der Waals surface area contributed by atoms with Crippen LogP contribution in [0, 0.1) is 23.3 Å². The molecule has 4 aromatic rings. The van der Waals surface area contributed by atoms with Crippen LogP contribution in [0.2, 0.25) is 0 Å². The van der Waals surface area contributed by atoms with Crippen LogP contribution >= 0.6 is 0 Å². The zero-order valence-corrected chi connectivity index (χ0v) is 30.0. The number of rotatable bonds is 13. The molecule has 0 aliphatic heterocycles. The molecule has 0 aliphatic carbocycles. The molecule has 2 aromatic heterocycles. The Kier molecular flexibility index (Phi) is 13.0. The standard InChI is InChI=1S/C34H30F9N7O5S/c1-33(39,40)28-6-4-24(16-44-28)49(2)30(51)26(12-18-8-20(35)14-21(36)9-18)46-32(53)48-56(54,55)47-27(13-19-10-22(37)15-23(38)11-19)31(52)50(3)25-5-7-29(45-17-25)34(41,42)43/h4-11,14-17,26-27,47H,12-13H2,1-3H3,(H2,46,48,53)/t26-,27-/m0/s1. The van der Waals surface area contributed by atoms with Gasteiger partial charge in [-0.05, 0) is 66.1 Å². The summed E-state index contributed by atoms with van der Waals surface area (Å²) in [5.41, 5.74) is -2.78. The van der Waals surface area contributed by atoms with E-state index >= 15 is 0 Å². The number of nitrogens with one attached hydrogen (secondary N) is 3. The summed E-state index contributed by atoms with van der Waals surface area (Å²) in [5, 5.41) is 2.04. The molecule has 22 heteroatoms. The van der Waals surface area contributed by atoms with Crippen LogP contribution in [0.5, 0.6) is 0 Å². The first kappa shape index (κ1) is 43.0. The number of amides is 4. The van der Waals surface area contributed by atoms with Crippen LogP contribution in [-0.4, -0.2) is 62.4 Å². The highest BCUT2D eigenvalue weighted by molar-refractivity contribution is 7.88. The summed E-state index contributed by atoms with van der Waals surface area (Å²) >= 11 is 0. The van der Waals surface area contributed by atoms with Crippen LogP contribution in [0.1, 0.15) is 29.4 Å². The number of likely N-dealkylation sites (N-methyl/N-ethyl adjacent to an activating group) is 2. The van der Waals surface area contributed by atoms with Crippen molar-refractivity contribution in [1.82, 2.24) is 24.7 Å². The van der Waals surface area contributed by atoms with Crippen molar-refractivity contribution < 1.29 is 62.3 Å². The van der Waals surface area contributed by atoms with Crippen molar-refractivity contribution in [2.45, 2.75) is 43.9 Å². The number of hydrogen-bond donors (Lipinski definition) is 3. The Morgan fingerprint density at radius 2 is 1.09 bits per heavy atom. The van der Waals surface area contributed by atoms with Gasteiger partial charge in [-0.2, -0.15) is 35.1 Å². The van der Waals surface area contributed by atoms with Crippen molar-refractivity contribution in [3.63, 3.8) is 0 Å². The topological polar surface area (TPSA) is 154 Å². The number of anilines is 2. The van der Waals surface area contributed by atoms with Crippen molar-refractivity contribution in [3.05, 3.63) is 119 Å². The average molecular weight is 820 g/mol. The fourth-order valence-electron chi connectivity index (χ4n) is 5.15. The van der Waals surface area contributed by atoms with Gasteiger partial charge in [0.05, 0.1) is 23.8 Å². The van der Waals surface area contributed by atoms with E-state index < -0.39 is 99.7 Å².